The molecule has 11 nitrogen and oxygen atoms in total. The number of rotatable bonds is 7. The molecular formula is C15H15IN4O7S. The normalized spacial score (nSPS) is 10.7. The summed E-state index contributed by atoms with van der Waals surface area (Å²) >= 11 is 1.87. The van der Waals surface area contributed by atoms with E-state index < -0.39 is 22.3 Å². The van der Waals surface area contributed by atoms with Crippen LogP contribution in [0.15, 0.2) is 30.3 Å². The number of esters is 1. The molecule has 2 amide bonds. The Morgan fingerprint density at radius 1 is 1.21 bits per heavy atom. The predicted molar refractivity (Wildman–Crippen MR) is 105 cm³/mol. The molecule has 0 aliphatic rings. The summed E-state index contributed by atoms with van der Waals surface area (Å²) in [6.45, 7) is 1.70. The van der Waals surface area contributed by atoms with Crippen LogP contribution in [0.4, 0.5) is 10.7 Å². The molecule has 2 N–H and O–H groups in total. The van der Waals surface area contributed by atoms with Gasteiger partial charge >= 0.3 is 22.3 Å². The maximum absolute atomic E-state index is 12.1. The number of aromatic nitrogens is 2. The number of urea groups is 1. The molecule has 13 heteroatoms. The molecule has 0 aliphatic heterocycles. The van der Waals surface area contributed by atoms with Gasteiger partial charge in [-0.2, -0.15) is 13.4 Å². The highest BCUT2D eigenvalue weighted by molar-refractivity contribution is 14.1. The highest BCUT2D eigenvalue weighted by Crippen LogP contribution is 2.20. The fraction of sp³-hybridized carbons (Fsp3) is 0.200. The number of carbonyl (C=O) groups is 2. The second-order valence-corrected chi connectivity index (χ2v) is 7.25. The van der Waals surface area contributed by atoms with E-state index in [0.717, 1.165) is 0 Å². The molecule has 0 saturated heterocycles. The Morgan fingerprint density at radius 3 is 2.61 bits per heavy atom. The van der Waals surface area contributed by atoms with E-state index in [1.807, 2.05) is 22.6 Å². The van der Waals surface area contributed by atoms with Gasteiger partial charge in [-0.1, -0.05) is 12.1 Å². The molecule has 0 fully saturated rings. The Hall–Kier alpha value is -2.68. The Bertz CT molecular complexity index is 984. The summed E-state index contributed by atoms with van der Waals surface area (Å²) in [7, 11) is -3.23. The largest absolute Gasteiger partial charge is 0.481 e. The minimum Gasteiger partial charge on any atom is -0.481 e. The summed E-state index contributed by atoms with van der Waals surface area (Å²) in [5, 5.41) is 2.15. The highest BCUT2D eigenvalue weighted by Gasteiger charge is 2.22. The molecule has 1 heterocycles. The van der Waals surface area contributed by atoms with E-state index in [1.54, 1.807) is 11.6 Å². The topological polar surface area (TPSA) is 146 Å². The van der Waals surface area contributed by atoms with E-state index in [9.17, 15) is 18.0 Å². The van der Waals surface area contributed by atoms with Crippen molar-refractivity contribution < 1.29 is 31.7 Å². The van der Waals surface area contributed by atoms with Crippen LogP contribution in [0.5, 0.6) is 11.6 Å². The number of hydrogen-bond donors (Lipinski definition) is 2. The van der Waals surface area contributed by atoms with Crippen LogP contribution in [0.2, 0.25) is 0 Å². The molecule has 0 saturated carbocycles. The summed E-state index contributed by atoms with van der Waals surface area (Å²) in [4.78, 5) is 31.6. The minimum absolute atomic E-state index is 0.0971. The third-order valence-corrected chi connectivity index (χ3v) is 4.29. The van der Waals surface area contributed by atoms with Crippen LogP contribution in [-0.4, -0.2) is 44.1 Å². The van der Waals surface area contributed by atoms with Crippen molar-refractivity contribution in [2.24, 2.45) is 0 Å². The molecule has 150 valence electrons. The third kappa shape index (κ3) is 6.19. The van der Waals surface area contributed by atoms with E-state index in [4.69, 9.17) is 13.7 Å². The van der Waals surface area contributed by atoms with E-state index in [0.29, 0.717) is 3.70 Å². The highest BCUT2D eigenvalue weighted by atomic mass is 127. The number of carbonyl (C=O) groups excluding carboxylic acids is 2. The number of anilines is 1. The predicted octanol–water partition coefficient (Wildman–Crippen LogP) is 1.71. The molecule has 2 rings (SSSR count). The molecule has 1 aromatic carbocycles. The van der Waals surface area contributed by atoms with Crippen LogP contribution < -0.4 is 19.0 Å². The lowest BCUT2D eigenvalue weighted by Gasteiger charge is -2.11. The Balaban J connectivity index is 2.11. The molecule has 0 bridgehead atoms. The fourth-order valence-corrected chi connectivity index (χ4v) is 3.05. The van der Waals surface area contributed by atoms with Crippen molar-refractivity contribution in [1.82, 2.24) is 14.7 Å². The van der Waals surface area contributed by atoms with Gasteiger partial charge in [0.2, 0.25) is 11.8 Å². The number of halogens is 1. The summed E-state index contributed by atoms with van der Waals surface area (Å²) in [5.41, 5.74) is -0.110. The van der Waals surface area contributed by atoms with Gasteiger partial charge in [0.05, 0.1) is 13.7 Å². The number of ether oxygens (including phenoxy) is 2. The van der Waals surface area contributed by atoms with Crippen molar-refractivity contribution in [3.8, 4) is 11.6 Å². The third-order valence-electron chi connectivity index (χ3n) is 2.91. The second-order valence-electron chi connectivity index (χ2n) is 4.87. The monoisotopic (exact) mass is 522 g/mol. The number of methoxy groups -OCH3 is 1. The number of para-hydroxylation sites is 1. The van der Waals surface area contributed by atoms with Crippen LogP contribution in [0.1, 0.15) is 17.3 Å². The van der Waals surface area contributed by atoms with Gasteiger partial charge in [-0.3, -0.25) is 5.32 Å². The van der Waals surface area contributed by atoms with Gasteiger partial charge in [0, 0.05) is 6.07 Å². The van der Waals surface area contributed by atoms with Crippen LogP contribution in [0.3, 0.4) is 0 Å². The molecule has 0 atom stereocenters. The maximum Gasteiger partial charge on any atom is 0.411 e. The van der Waals surface area contributed by atoms with Crippen LogP contribution in [0, 0.1) is 3.70 Å². The van der Waals surface area contributed by atoms with Crippen molar-refractivity contribution in [3.05, 3.63) is 39.6 Å². The molecule has 1 aromatic heterocycles. The van der Waals surface area contributed by atoms with E-state index in [1.165, 1.54) is 37.4 Å². The number of hydrogen-bond acceptors (Lipinski definition) is 9. The number of nitrogens with one attached hydrogen (secondary N) is 2. The van der Waals surface area contributed by atoms with Crippen LogP contribution in [-0.2, 0) is 15.0 Å². The molecular weight excluding hydrogens is 507 g/mol. The fourth-order valence-electron chi connectivity index (χ4n) is 1.85. The second kappa shape index (κ2) is 9.50. The van der Waals surface area contributed by atoms with Crippen molar-refractivity contribution >= 4 is 50.8 Å². The molecule has 0 unspecified atom stereocenters. The van der Waals surface area contributed by atoms with E-state index >= 15 is 0 Å². The van der Waals surface area contributed by atoms with Crippen molar-refractivity contribution in [2.75, 3.05) is 19.0 Å². The first-order valence-corrected chi connectivity index (χ1v) is 10.1. The average Bonchev–Trinajstić information content (AvgIpc) is 2.60. The Morgan fingerprint density at radius 2 is 1.93 bits per heavy atom. The smallest absolute Gasteiger partial charge is 0.411 e. The number of nitrogens with zero attached hydrogens (tertiary/aromatic N) is 2. The van der Waals surface area contributed by atoms with Gasteiger partial charge in [-0.25, -0.2) is 19.3 Å². The first kappa shape index (κ1) is 21.6. The molecule has 0 aliphatic carbocycles. The van der Waals surface area contributed by atoms with Gasteiger partial charge in [0.1, 0.15) is 9.26 Å². The summed E-state index contributed by atoms with van der Waals surface area (Å²) < 4.78 is 40.9. The quantitative estimate of drug-likeness (QED) is 0.315. The zero-order chi connectivity index (χ0) is 20.7. The van der Waals surface area contributed by atoms with Crippen molar-refractivity contribution in [1.29, 1.82) is 0 Å². The van der Waals surface area contributed by atoms with Crippen LogP contribution >= 0.6 is 22.6 Å². The molecule has 28 heavy (non-hydrogen) atoms. The summed E-state index contributed by atoms with van der Waals surface area (Å²) in [6, 6.07) is 5.88. The molecule has 0 spiro atoms. The lowest BCUT2D eigenvalue weighted by Crippen LogP contribution is -2.37. The molecule has 2 aromatic rings. The van der Waals surface area contributed by atoms with Crippen molar-refractivity contribution in [2.45, 2.75) is 6.92 Å². The number of amides is 2. The standard InChI is InChI=1S/C15H15IN4O7S/c1-3-26-13(21)9-6-4-5-7-10(9)27-28(23,24)20-15(22)19-14-17-11(16)8-12(18-14)25-2/h4-8H,3H2,1-2H3,(H2,17,18,19,20,22). The SMILES string of the molecule is CCOC(=O)c1ccccc1OS(=O)(=O)NC(=O)Nc1nc(I)cc(OC)n1. The van der Waals surface area contributed by atoms with Crippen molar-refractivity contribution in [3.63, 3.8) is 0 Å². The summed E-state index contributed by atoms with van der Waals surface area (Å²) in [5.74, 6) is -1.06. The van der Waals surface area contributed by atoms with E-state index in [-0.39, 0.29) is 29.7 Å². The zero-order valence-corrected chi connectivity index (χ0v) is 17.6. The zero-order valence-electron chi connectivity index (χ0n) is 14.6. The van der Waals surface area contributed by atoms with Gasteiger partial charge in [0.15, 0.2) is 5.75 Å². The minimum atomic E-state index is -4.61. The first-order chi connectivity index (χ1) is 13.2. The lowest BCUT2D eigenvalue weighted by atomic mass is 10.2. The lowest BCUT2D eigenvalue weighted by molar-refractivity contribution is 0.0524. The first-order valence-electron chi connectivity index (χ1n) is 7.62. The average molecular weight is 522 g/mol. The molecule has 0 radical (unpaired) electrons. The number of benzene rings is 1. The van der Waals surface area contributed by atoms with Crippen LogP contribution in [0.25, 0.3) is 0 Å². The van der Waals surface area contributed by atoms with E-state index in [2.05, 4.69) is 15.3 Å². The van der Waals surface area contributed by atoms with Gasteiger partial charge < -0.3 is 13.7 Å². The van der Waals surface area contributed by atoms with Gasteiger partial charge in [-0.05, 0) is 41.6 Å². The van der Waals surface area contributed by atoms with Gasteiger partial charge in [0.25, 0.3) is 0 Å². The van der Waals surface area contributed by atoms with Gasteiger partial charge in [-0.15, -0.1) is 0 Å². The maximum atomic E-state index is 12.1. The Labute approximate surface area is 174 Å². The Kier molecular flexibility index (Phi) is 7.33. The summed E-state index contributed by atoms with van der Waals surface area (Å²) in [6.07, 6.45) is 0.